The lowest BCUT2D eigenvalue weighted by atomic mass is 9.81. The molecule has 0 spiro atoms. The zero-order valence-corrected chi connectivity index (χ0v) is 21.2. The SMILES string of the molecule is C\C(=C/C=C(F)\C=C\c1cccnc1)C1C/C(=N\OCCCN2CCCC2)c2c(C)nc(N)nc2C1. The van der Waals surface area contributed by atoms with E-state index in [0.717, 1.165) is 46.8 Å². The molecule has 1 saturated heterocycles. The molecule has 190 valence electrons. The first-order valence-electron chi connectivity index (χ1n) is 12.7. The van der Waals surface area contributed by atoms with Crippen LogP contribution in [-0.4, -0.2) is 51.8 Å². The Kier molecular flexibility index (Phi) is 8.95. The van der Waals surface area contributed by atoms with Gasteiger partial charge in [-0.25, -0.2) is 14.4 Å². The standard InChI is InChI=1S/C28H35FN6O/c1-20(8-10-24(29)11-9-22-7-5-12-31-19-22)23-17-25-27(21(2)32-28(30)33-25)26(18-23)34-36-16-6-15-35-13-3-4-14-35/h5,7-12,19,23H,3-4,6,13-18H2,1-2H3,(H2,30,32,33)/b11-9+,20-8+,24-10+,34-26+. The van der Waals surface area contributed by atoms with E-state index >= 15 is 0 Å². The summed E-state index contributed by atoms with van der Waals surface area (Å²) in [7, 11) is 0. The van der Waals surface area contributed by atoms with Crippen molar-refractivity contribution in [1.29, 1.82) is 0 Å². The first kappa shape index (κ1) is 25.7. The molecule has 1 aliphatic carbocycles. The summed E-state index contributed by atoms with van der Waals surface area (Å²) < 4.78 is 14.4. The molecule has 0 bridgehead atoms. The van der Waals surface area contributed by atoms with E-state index in [1.807, 2.05) is 32.1 Å². The van der Waals surface area contributed by atoms with Gasteiger partial charge in [-0.1, -0.05) is 28.9 Å². The highest BCUT2D eigenvalue weighted by atomic mass is 19.1. The smallest absolute Gasteiger partial charge is 0.220 e. The van der Waals surface area contributed by atoms with Gasteiger partial charge in [-0.2, -0.15) is 0 Å². The van der Waals surface area contributed by atoms with Crippen molar-refractivity contribution in [2.45, 2.75) is 46.0 Å². The summed E-state index contributed by atoms with van der Waals surface area (Å²) >= 11 is 0. The van der Waals surface area contributed by atoms with Crippen molar-refractivity contribution in [1.82, 2.24) is 19.9 Å². The van der Waals surface area contributed by atoms with Crippen LogP contribution in [0.5, 0.6) is 0 Å². The van der Waals surface area contributed by atoms with E-state index in [2.05, 4.69) is 25.0 Å². The zero-order valence-electron chi connectivity index (χ0n) is 21.2. The number of pyridine rings is 1. The first-order chi connectivity index (χ1) is 17.5. The van der Waals surface area contributed by atoms with Crippen LogP contribution in [0, 0.1) is 12.8 Å². The van der Waals surface area contributed by atoms with Crippen LogP contribution in [0.15, 0.2) is 59.3 Å². The van der Waals surface area contributed by atoms with E-state index < -0.39 is 0 Å². The van der Waals surface area contributed by atoms with Gasteiger partial charge in [0, 0.05) is 30.9 Å². The van der Waals surface area contributed by atoms with E-state index in [0.29, 0.717) is 19.4 Å². The number of aryl methyl sites for hydroxylation is 1. The number of allylic oxidation sites excluding steroid dienone is 5. The summed E-state index contributed by atoms with van der Waals surface area (Å²) in [5.74, 6) is 0.0439. The van der Waals surface area contributed by atoms with Gasteiger partial charge in [-0.3, -0.25) is 4.98 Å². The van der Waals surface area contributed by atoms with Crippen molar-refractivity contribution in [2.75, 3.05) is 32.0 Å². The van der Waals surface area contributed by atoms with E-state index in [1.54, 1.807) is 18.5 Å². The molecule has 1 atom stereocenters. The highest BCUT2D eigenvalue weighted by Gasteiger charge is 2.29. The Morgan fingerprint density at radius 3 is 2.86 bits per heavy atom. The number of halogens is 1. The predicted octanol–water partition coefficient (Wildman–Crippen LogP) is 5.04. The van der Waals surface area contributed by atoms with Crippen LogP contribution >= 0.6 is 0 Å². The minimum Gasteiger partial charge on any atom is -0.396 e. The number of likely N-dealkylation sites (tertiary alicyclic amines) is 1. The Bertz CT molecular complexity index is 1150. The molecule has 2 aliphatic rings. The van der Waals surface area contributed by atoms with Crippen LogP contribution in [0.2, 0.25) is 0 Å². The van der Waals surface area contributed by atoms with E-state index in [9.17, 15) is 4.39 Å². The summed E-state index contributed by atoms with van der Waals surface area (Å²) in [5.41, 5.74) is 11.3. The lowest BCUT2D eigenvalue weighted by Gasteiger charge is -2.26. The number of aromatic nitrogens is 3. The average molecular weight is 491 g/mol. The summed E-state index contributed by atoms with van der Waals surface area (Å²) in [6.07, 6.45) is 14.7. The Morgan fingerprint density at radius 2 is 2.08 bits per heavy atom. The van der Waals surface area contributed by atoms with Crippen LogP contribution in [-0.2, 0) is 11.3 Å². The van der Waals surface area contributed by atoms with Crippen LogP contribution < -0.4 is 5.73 Å². The fraction of sp³-hybridized carbons (Fsp3) is 0.429. The second-order valence-electron chi connectivity index (χ2n) is 9.45. The number of anilines is 1. The molecule has 4 rings (SSSR count). The minimum atomic E-state index is -0.327. The van der Waals surface area contributed by atoms with Gasteiger partial charge < -0.3 is 15.5 Å². The van der Waals surface area contributed by atoms with E-state index in [1.165, 1.54) is 38.1 Å². The highest BCUT2D eigenvalue weighted by molar-refractivity contribution is 6.03. The van der Waals surface area contributed by atoms with Gasteiger partial charge in [0.2, 0.25) is 5.95 Å². The lowest BCUT2D eigenvalue weighted by molar-refractivity contribution is 0.131. The molecule has 36 heavy (non-hydrogen) atoms. The maximum absolute atomic E-state index is 14.4. The Balaban J connectivity index is 1.45. The second-order valence-corrected chi connectivity index (χ2v) is 9.45. The predicted molar refractivity (Wildman–Crippen MR) is 142 cm³/mol. The fourth-order valence-electron chi connectivity index (χ4n) is 4.76. The third-order valence-corrected chi connectivity index (χ3v) is 6.70. The molecule has 0 saturated carbocycles. The lowest BCUT2D eigenvalue weighted by Crippen LogP contribution is -2.25. The Morgan fingerprint density at radius 1 is 1.25 bits per heavy atom. The summed E-state index contributed by atoms with van der Waals surface area (Å²) in [6, 6.07) is 3.70. The number of nitrogen functional groups attached to an aromatic ring is 1. The van der Waals surface area contributed by atoms with Crippen LogP contribution in [0.25, 0.3) is 6.08 Å². The third kappa shape index (κ3) is 7.07. The molecule has 0 radical (unpaired) electrons. The monoisotopic (exact) mass is 490 g/mol. The van der Waals surface area contributed by atoms with Crippen molar-refractivity contribution in [3.05, 3.63) is 76.7 Å². The van der Waals surface area contributed by atoms with Crippen molar-refractivity contribution in [3.8, 4) is 0 Å². The molecular formula is C28H35FN6O. The van der Waals surface area contributed by atoms with Gasteiger partial charge in [-0.05, 0) is 82.3 Å². The Hall–Kier alpha value is -3.39. The topological polar surface area (TPSA) is 89.5 Å². The minimum absolute atomic E-state index is 0.115. The largest absolute Gasteiger partial charge is 0.396 e. The van der Waals surface area contributed by atoms with Gasteiger partial charge in [0.25, 0.3) is 0 Å². The third-order valence-electron chi connectivity index (χ3n) is 6.70. The van der Waals surface area contributed by atoms with Gasteiger partial charge in [0.05, 0.1) is 17.1 Å². The molecule has 2 aromatic rings. The number of nitrogens with zero attached hydrogens (tertiary/aromatic N) is 5. The van der Waals surface area contributed by atoms with Crippen molar-refractivity contribution in [2.24, 2.45) is 11.1 Å². The maximum atomic E-state index is 14.4. The highest BCUT2D eigenvalue weighted by Crippen LogP contribution is 2.31. The van der Waals surface area contributed by atoms with Crippen LogP contribution in [0.3, 0.4) is 0 Å². The zero-order chi connectivity index (χ0) is 25.3. The number of hydrogen-bond donors (Lipinski definition) is 1. The average Bonchev–Trinajstić information content (AvgIpc) is 3.39. The molecular weight excluding hydrogens is 455 g/mol. The van der Waals surface area contributed by atoms with Crippen molar-refractivity contribution in [3.63, 3.8) is 0 Å². The molecule has 0 aromatic carbocycles. The van der Waals surface area contributed by atoms with Gasteiger partial charge >= 0.3 is 0 Å². The Labute approximate surface area is 212 Å². The number of oxime groups is 1. The maximum Gasteiger partial charge on any atom is 0.220 e. The van der Waals surface area contributed by atoms with E-state index in [4.69, 9.17) is 10.6 Å². The number of rotatable bonds is 9. The van der Waals surface area contributed by atoms with Gasteiger partial charge in [0.1, 0.15) is 12.4 Å². The molecule has 7 nitrogen and oxygen atoms in total. The molecule has 1 unspecified atom stereocenters. The summed E-state index contributed by atoms with van der Waals surface area (Å²) in [4.78, 5) is 21.1. The summed E-state index contributed by atoms with van der Waals surface area (Å²) in [6.45, 7) is 7.91. The summed E-state index contributed by atoms with van der Waals surface area (Å²) in [5, 5.41) is 4.51. The number of hydrogen-bond acceptors (Lipinski definition) is 7. The van der Waals surface area contributed by atoms with E-state index in [-0.39, 0.29) is 17.7 Å². The molecule has 3 heterocycles. The number of nitrogens with two attached hydrogens (primary N) is 1. The van der Waals surface area contributed by atoms with Gasteiger partial charge in [-0.15, -0.1) is 0 Å². The van der Waals surface area contributed by atoms with Gasteiger partial charge in [0.15, 0.2) is 0 Å². The molecule has 2 N–H and O–H groups in total. The number of fused-ring (bicyclic) bond motifs is 1. The fourth-order valence-corrected chi connectivity index (χ4v) is 4.76. The quantitative estimate of drug-likeness (QED) is 0.301. The van der Waals surface area contributed by atoms with Crippen LogP contribution in [0.4, 0.5) is 10.3 Å². The molecule has 2 aromatic heterocycles. The van der Waals surface area contributed by atoms with Crippen molar-refractivity contribution >= 4 is 17.7 Å². The van der Waals surface area contributed by atoms with Crippen molar-refractivity contribution < 1.29 is 9.23 Å². The molecule has 1 aliphatic heterocycles. The first-order valence-corrected chi connectivity index (χ1v) is 12.7. The van der Waals surface area contributed by atoms with Crippen LogP contribution in [0.1, 0.15) is 55.1 Å². The molecule has 1 fully saturated rings. The molecule has 0 amide bonds. The molecule has 8 heteroatoms. The normalized spacial score (nSPS) is 20.3. The second kappa shape index (κ2) is 12.5.